The van der Waals surface area contributed by atoms with Crippen molar-refractivity contribution >= 4 is 21.6 Å². The van der Waals surface area contributed by atoms with E-state index in [1.54, 1.807) is 36.5 Å². The highest BCUT2D eigenvalue weighted by atomic mass is 32.2. The lowest BCUT2D eigenvalue weighted by atomic mass is 10.1. The van der Waals surface area contributed by atoms with Crippen molar-refractivity contribution in [2.24, 2.45) is 0 Å². The summed E-state index contributed by atoms with van der Waals surface area (Å²) in [5.74, 6) is 0.0495. The second-order valence-corrected chi connectivity index (χ2v) is 8.28. The zero-order valence-corrected chi connectivity index (χ0v) is 16.5. The van der Waals surface area contributed by atoms with Gasteiger partial charge in [-0.2, -0.15) is 0 Å². The number of hydrogen-bond acceptors (Lipinski definition) is 8. The summed E-state index contributed by atoms with van der Waals surface area (Å²) in [5, 5.41) is 2.65. The average molecular weight is 421 g/mol. The van der Waals surface area contributed by atoms with Crippen molar-refractivity contribution in [2.75, 3.05) is 11.6 Å². The molecule has 1 amide bonds. The van der Waals surface area contributed by atoms with Crippen molar-refractivity contribution in [1.82, 2.24) is 19.9 Å². The normalized spacial score (nSPS) is 11.2. The Balaban J connectivity index is 1.58. The first-order valence-corrected chi connectivity index (χ1v) is 10.6. The number of carbonyl (C=O) groups excluding carboxylic acids is 1. The topological polar surface area (TPSA) is 128 Å². The van der Waals surface area contributed by atoms with Crippen molar-refractivity contribution in [3.63, 3.8) is 0 Å². The van der Waals surface area contributed by atoms with Gasteiger partial charge in [0.25, 0.3) is 5.91 Å². The third kappa shape index (κ3) is 4.08. The van der Waals surface area contributed by atoms with Crippen molar-refractivity contribution in [1.29, 1.82) is 0 Å². The molecule has 4 rings (SSSR count). The molecule has 0 fully saturated rings. The molecule has 0 radical (unpaired) electrons. The Morgan fingerprint density at radius 1 is 0.967 bits per heavy atom. The zero-order chi connectivity index (χ0) is 21.1. The van der Waals surface area contributed by atoms with E-state index in [4.69, 9.17) is 4.42 Å². The number of pyridine rings is 1. The molecule has 30 heavy (non-hydrogen) atoms. The number of nitrogens with zero attached hydrogens (tertiary/aromatic N) is 4. The van der Waals surface area contributed by atoms with Gasteiger partial charge in [0.2, 0.25) is 5.76 Å². The van der Waals surface area contributed by atoms with E-state index in [1.165, 1.54) is 18.3 Å². The van der Waals surface area contributed by atoms with E-state index in [1.807, 2.05) is 6.07 Å². The summed E-state index contributed by atoms with van der Waals surface area (Å²) in [4.78, 5) is 29.6. The van der Waals surface area contributed by atoms with Crippen LogP contribution in [0.25, 0.3) is 22.8 Å². The molecule has 0 atom stereocenters. The molecule has 150 valence electrons. The number of amides is 1. The first-order chi connectivity index (χ1) is 14.4. The Bertz CT molecular complexity index is 1300. The molecule has 0 unspecified atom stereocenters. The Labute approximate surface area is 171 Å². The summed E-state index contributed by atoms with van der Waals surface area (Å²) in [5.41, 5.74) is 1.39. The molecule has 0 spiro atoms. The molecule has 10 heteroatoms. The summed E-state index contributed by atoms with van der Waals surface area (Å²) in [6.07, 6.45) is 5.41. The number of oxazole rings is 1. The van der Waals surface area contributed by atoms with Gasteiger partial charge in [0.1, 0.15) is 17.2 Å². The standard InChI is InChI=1S/C20H15N5O4S/c1-30(27,28)14-7-5-13(6-8-14)17-18(29-12-23-17)20(26)25-16-9-11-22-19(24-16)15-4-2-3-10-21-15/h2-12H,1H3,(H,22,24,25,26). The third-order valence-electron chi connectivity index (χ3n) is 4.12. The van der Waals surface area contributed by atoms with Gasteiger partial charge in [-0.05, 0) is 30.3 Å². The molecule has 0 aliphatic rings. The van der Waals surface area contributed by atoms with Crippen LogP contribution in [0.5, 0.6) is 0 Å². The third-order valence-corrected chi connectivity index (χ3v) is 5.25. The molecule has 9 nitrogen and oxygen atoms in total. The highest BCUT2D eigenvalue weighted by Gasteiger charge is 2.20. The van der Waals surface area contributed by atoms with Crippen molar-refractivity contribution in [3.8, 4) is 22.8 Å². The lowest BCUT2D eigenvalue weighted by Crippen LogP contribution is -2.13. The maximum absolute atomic E-state index is 12.7. The van der Waals surface area contributed by atoms with Crippen LogP contribution in [-0.4, -0.2) is 40.5 Å². The van der Waals surface area contributed by atoms with E-state index in [9.17, 15) is 13.2 Å². The first-order valence-electron chi connectivity index (χ1n) is 8.71. The largest absolute Gasteiger partial charge is 0.438 e. The van der Waals surface area contributed by atoms with Gasteiger partial charge in [-0.25, -0.2) is 23.4 Å². The molecule has 1 N–H and O–H groups in total. The van der Waals surface area contributed by atoms with Crippen LogP contribution in [-0.2, 0) is 9.84 Å². The molecule has 0 bridgehead atoms. The molecule has 0 saturated carbocycles. The Morgan fingerprint density at radius 2 is 1.77 bits per heavy atom. The van der Waals surface area contributed by atoms with Gasteiger partial charge < -0.3 is 9.73 Å². The second kappa shape index (κ2) is 7.84. The monoisotopic (exact) mass is 421 g/mol. The molecule has 0 aliphatic carbocycles. The predicted octanol–water partition coefficient (Wildman–Crippen LogP) is 2.85. The minimum Gasteiger partial charge on any atom is -0.438 e. The number of aromatic nitrogens is 4. The van der Waals surface area contributed by atoms with Crippen molar-refractivity contribution in [3.05, 3.63) is 73.1 Å². The first kappa shape index (κ1) is 19.4. The van der Waals surface area contributed by atoms with Gasteiger partial charge in [-0.15, -0.1) is 0 Å². The van der Waals surface area contributed by atoms with Gasteiger partial charge >= 0.3 is 0 Å². The van der Waals surface area contributed by atoms with Crippen LogP contribution in [0.3, 0.4) is 0 Å². The van der Waals surface area contributed by atoms with Gasteiger partial charge in [0, 0.05) is 24.2 Å². The second-order valence-electron chi connectivity index (χ2n) is 6.26. The average Bonchev–Trinajstić information content (AvgIpc) is 3.24. The van der Waals surface area contributed by atoms with Crippen LogP contribution in [0.2, 0.25) is 0 Å². The van der Waals surface area contributed by atoms with E-state index < -0.39 is 15.7 Å². The van der Waals surface area contributed by atoms with E-state index >= 15 is 0 Å². The zero-order valence-electron chi connectivity index (χ0n) is 15.7. The quantitative estimate of drug-likeness (QED) is 0.521. The molecule has 1 aromatic carbocycles. The maximum atomic E-state index is 12.7. The number of sulfone groups is 1. The van der Waals surface area contributed by atoms with E-state index in [-0.39, 0.29) is 22.2 Å². The number of nitrogens with one attached hydrogen (secondary N) is 1. The van der Waals surface area contributed by atoms with Crippen LogP contribution >= 0.6 is 0 Å². The van der Waals surface area contributed by atoms with Crippen LogP contribution in [0.1, 0.15) is 10.6 Å². The van der Waals surface area contributed by atoms with Gasteiger partial charge in [0.15, 0.2) is 22.1 Å². The van der Waals surface area contributed by atoms with Crippen LogP contribution in [0.15, 0.2) is 76.6 Å². The van der Waals surface area contributed by atoms with Gasteiger partial charge in [-0.1, -0.05) is 18.2 Å². The van der Waals surface area contributed by atoms with E-state index in [0.29, 0.717) is 17.1 Å². The molecule has 4 aromatic rings. The number of anilines is 1. The minimum absolute atomic E-state index is 0.0277. The highest BCUT2D eigenvalue weighted by molar-refractivity contribution is 7.90. The summed E-state index contributed by atoms with van der Waals surface area (Å²) in [7, 11) is -3.32. The maximum Gasteiger partial charge on any atom is 0.294 e. The number of rotatable bonds is 5. The van der Waals surface area contributed by atoms with Gasteiger partial charge in [-0.3, -0.25) is 9.78 Å². The minimum atomic E-state index is -3.32. The molecular weight excluding hydrogens is 406 g/mol. The summed E-state index contributed by atoms with van der Waals surface area (Å²) >= 11 is 0. The van der Waals surface area contributed by atoms with Crippen molar-refractivity contribution in [2.45, 2.75) is 4.90 Å². The van der Waals surface area contributed by atoms with Crippen LogP contribution in [0, 0.1) is 0 Å². The Kier molecular flexibility index (Phi) is 5.07. The highest BCUT2D eigenvalue weighted by Crippen LogP contribution is 2.24. The molecule has 0 saturated heterocycles. The number of carbonyl (C=O) groups is 1. The SMILES string of the molecule is CS(=O)(=O)c1ccc(-c2ncoc2C(=O)Nc2ccnc(-c3ccccn3)n2)cc1. The molecule has 0 aliphatic heterocycles. The smallest absolute Gasteiger partial charge is 0.294 e. The fraction of sp³-hybridized carbons (Fsp3) is 0.0500. The Hall–Kier alpha value is -3.92. The van der Waals surface area contributed by atoms with Gasteiger partial charge in [0.05, 0.1) is 4.90 Å². The summed E-state index contributed by atoms with van der Waals surface area (Å²) in [6, 6.07) is 12.9. The fourth-order valence-electron chi connectivity index (χ4n) is 2.69. The molecular formula is C20H15N5O4S. The fourth-order valence-corrected chi connectivity index (χ4v) is 3.32. The predicted molar refractivity (Wildman–Crippen MR) is 108 cm³/mol. The summed E-state index contributed by atoms with van der Waals surface area (Å²) < 4.78 is 28.5. The summed E-state index contributed by atoms with van der Waals surface area (Å²) in [6.45, 7) is 0. The molecule has 3 aromatic heterocycles. The number of benzene rings is 1. The number of hydrogen-bond donors (Lipinski definition) is 1. The van der Waals surface area contributed by atoms with Crippen LogP contribution in [0.4, 0.5) is 5.82 Å². The Morgan fingerprint density at radius 3 is 2.47 bits per heavy atom. The van der Waals surface area contributed by atoms with Crippen molar-refractivity contribution < 1.29 is 17.6 Å². The lowest BCUT2D eigenvalue weighted by Gasteiger charge is -2.06. The lowest BCUT2D eigenvalue weighted by molar-refractivity contribution is 0.0997. The molecule has 3 heterocycles. The van der Waals surface area contributed by atoms with E-state index in [0.717, 1.165) is 12.6 Å². The van der Waals surface area contributed by atoms with Crippen LogP contribution < -0.4 is 5.32 Å². The van der Waals surface area contributed by atoms with E-state index in [2.05, 4.69) is 25.3 Å².